The average Bonchev–Trinajstić information content (AvgIpc) is 2.19. The third-order valence-electron chi connectivity index (χ3n) is 2.91. The van der Waals surface area contributed by atoms with E-state index in [1.54, 1.807) is 20.1 Å². The van der Waals surface area contributed by atoms with Crippen molar-refractivity contribution in [1.82, 2.24) is 4.72 Å². The Labute approximate surface area is 116 Å². The molecule has 0 saturated heterocycles. The Morgan fingerprint density at radius 3 is 2.05 bits per heavy atom. The van der Waals surface area contributed by atoms with Crippen LogP contribution in [0.4, 0.5) is 0 Å². The highest BCUT2D eigenvalue weighted by molar-refractivity contribution is 7.89. The van der Waals surface area contributed by atoms with Gasteiger partial charge in [-0.1, -0.05) is 0 Å². The summed E-state index contributed by atoms with van der Waals surface area (Å²) in [5, 5.41) is 0. The second-order valence-corrected chi connectivity index (χ2v) is 7.45. The lowest BCUT2D eigenvalue weighted by Gasteiger charge is -2.23. The van der Waals surface area contributed by atoms with Crippen molar-refractivity contribution in [2.24, 2.45) is 0 Å². The Kier molecular flexibility index (Phi) is 4.32. The first kappa shape index (κ1) is 16.0. The van der Waals surface area contributed by atoms with Crippen molar-refractivity contribution in [3.63, 3.8) is 0 Å². The van der Waals surface area contributed by atoms with Crippen molar-refractivity contribution in [3.8, 4) is 5.75 Å². The molecule has 0 amide bonds. The van der Waals surface area contributed by atoms with Crippen molar-refractivity contribution in [2.45, 2.75) is 52.0 Å². The summed E-state index contributed by atoms with van der Waals surface area (Å²) < 4.78 is 32.9. The maximum Gasteiger partial charge on any atom is 0.241 e. The van der Waals surface area contributed by atoms with E-state index in [4.69, 9.17) is 4.74 Å². The van der Waals surface area contributed by atoms with Gasteiger partial charge in [-0.25, -0.2) is 13.1 Å². The minimum absolute atomic E-state index is 0.348. The van der Waals surface area contributed by atoms with Gasteiger partial charge in [0.05, 0.1) is 12.0 Å². The molecular formula is C14H23NO3S. The van der Waals surface area contributed by atoms with Crippen LogP contribution in [0.2, 0.25) is 0 Å². The molecule has 1 rings (SSSR count). The third-order valence-corrected chi connectivity index (χ3v) is 4.95. The van der Waals surface area contributed by atoms with Crippen LogP contribution in [-0.2, 0) is 10.0 Å². The van der Waals surface area contributed by atoms with Crippen LogP contribution in [0.25, 0.3) is 0 Å². The summed E-state index contributed by atoms with van der Waals surface area (Å²) in [6.07, 6.45) is 0. The zero-order valence-electron chi connectivity index (χ0n) is 12.7. The summed E-state index contributed by atoms with van der Waals surface area (Å²) in [7, 11) is -1.95. The van der Waals surface area contributed by atoms with Crippen molar-refractivity contribution in [3.05, 3.63) is 22.8 Å². The SMILES string of the molecule is COc1cc(C)c(S(=O)(=O)NC(C)(C)C)c(C)c1C. The summed E-state index contributed by atoms with van der Waals surface area (Å²) >= 11 is 0. The lowest BCUT2D eigenvalue weighted by molar-refractivity contribution is 0.410. The Balaban J connectivity index is 3.48. The number of nitrogens with one attached hydrogen (secondary N) is 1. The molecule has 4 nitrogen and oxygen atoms in total. The summed E-state index contributed by atoms with van der Waals surface area (Å²) in [6, 6.07) is 1.76. The predicted molar refractivity (Wildman–Crippen MR) is 77.3 cm³/mol. The van der Waals surface area contributed by atoms with Crippen LogP contribution in [0, 0.1) is 20.8 Å². The Morgan fingerprint density at radius 1 is 1.11 bits per heavy atom. The Morgan fingerprint density at radius 2 is 1.63 bits per heavy atom. The molecule has 0 fully saturated rings. The quantitative estimate of drug-likeness (QED) is 0.929. The number of sulfonamides is 1. The maximum atomic E-state index is 12.5. The van der Waals surface area contributed by atoms with Crippen LogP contribution in [-0.4, -0.2) is 21.1 Å². The normalized spacial score (nSPS) is 12.6. The highest BCUT2D eigenvalue weighted by Crippen LogP contribution is 2.30. The lowest BCUT2D eigenvalue weighted by atomic mass is 10.1. The van der Waals surface area contributed by atoms with E-state index in [9.17, 15) is 8.42 Å². The number of methoxy groups -OCH3 is 1. The van der Waals surface area contributed by atoms with E-state index in [-0.39, 0.29) is 0 Å². The fraction of sp³-hybridized carbons (Fsp3) is 0.571. The van der Waals surface area contributed by atoms with Gasteiger partial charge in [-0.15, -0.1) is 0 Å². The molecule has 0 aliphatic rings. The van der Waals surface area contributed by atoms with Crippen molar-refractivity contribution < 1.29 is 13.2 Å². The summed E-state index contributed by atoms with van der Waals surface area (Å²) in [5.41, 5.74) is 1.76. The van der Waals surface area contributed by atoms with Gasteiger partial charge in [-0.05, 0) is 64.3 Å². The average molecular weight is 285 g/mol. The molecule has 0 aromatic heterocycles. The van der Waals surface area contributed by atoms with Crippen LogP contribution in [0.5, 0.6) is 5.75 Å². The minimum atomic E-state index is -3.53. The Bertz CT molecular complexity index is 584. The molecule has 0 aliphatic carbocycles. The van der Waals surface area contributed by atoms with Gasteiger partial charge in [0, 0.05) is 5.54 Å². The predicted octanol–water partition coefficient (Wildman–Crippen LogP) is 2.70. The zero-order chi connectivity index (χ0) is 15.0. The van der Waals surface area contributed by atoms with E-state index in [1.165, 1.54) is 0 Å². The monoisotopic (exact) mass is 285 g/mol. The number of aryl methyl sites for hydroxylation is 1. The summed E-state index contributed by atoms with van der Waals surface area (Å²) in [4.78, 5) is 0.348. The van der Waals surface area contributed by atoms with Gasteiger partial charge < -0.3 is 4.74 Å². The third kappa shape index (κ3) is 3.48. The van der Waals surface area contributed by atoms with Gasteiger partial charge in [0.15, 0.2) is 0 Å². The van der Waals surface area contributed by atoms with Gasteiger partial charge in [-0.3, -0.25) is 0 Å². The van der Waals surface area contributed by atoms with E-state index in [0.29, 0.717) is 16.2 Å². The molecule has 0 heterocycles. The second kappa shape index (κ2) is 5.13. The number of rotatable bonds is 3. The largest absolute Gasteiger partial charge is 0.496 e. The lowest BCUT2D eigenvalue weighted by Crippen LogP contribution is -2.41. The van der Waals surface area contributed by atoms with E-state index in [0.717, 1.165) is 11.1 Å². The van der Waals surface area contributed by atoms with Crippen molar-refractivity contribution >= 4 is 10.0 Å². The highest BCUT2D eigenvalue weighted by Gasteiger charge is 2.26. The summed E-state index contributed by atoms with van der Waals surface area (Å²) in [6.45, 7) is 10.9. The standard InChI is InChI=1S/C14H23NO3S/c1-9-8-12(18-7)10(2)11(3)13(9)19(16,17)15-14(4,5)6/h8,15H,1-7H3. The number of hydrogen-bond donors (Lipinski definition) is 1. The second-order valence-electron chi connectivity index (χ2n) is 5.83. The number of hydrogen-bond acceptors (Lipinski definition) is 3. The first-order valence-electron chi connectivity index (χ1n) is 6.18. The zero-order valence-corrected chi connectivity index (χ0v) is 13.5. The van der Waals surface area contributed by atoms with E-state index in [2.05, 4.69) is 4.72 Å². The molecule has 0 spiro atoms. The molecule has 1 N–H and O–H groups in total. The van der Waals surface area contributed by atoms with E-state index in [1.807, 2.05) is 34.6 Å². The van der Waals surface area contributed by atoms with Crippen molar-refractivity contribution in [1.29, 1.82) is 0 Å². The first-order chi connectivity index (χ1) is 8.49. The molecule has 1 aromatic carbocycles. The molecule has 0 atom stereocenters. The van der Waals surface area contributed by atoms with Crippen molar-refractivity contribution in [2.75, 3.05) is 7.11 Å². The molecule has 0 radical (unpaired) electrons. The molecule has 0 unspecified atom stereocenters. The molecule has 1 aromatic rings. The molecule has 5 heteroatoms. The number of ether oxygens (including phenoxy) is 1. The maximum absolute atomic E-state index is 12.5. The molecule has 19 heavy (non-hydrogen) atoms. The minimum Gasteiger partial charge on any atom is -0.496 e. The van der Waals surface area contributed by atoms with Gasteiger partial charge in [-0.2, -0.15) is 0 Å². The van der Waals surface area contributed by atoms with Crippen LogP contribution in [0.1, 0.15) is 37.5 Å². The first-order valence-corrected chi connectivity index (χ1v) is 7.66. The molecule has 0 aliphatic heterocycles. The van der Waals surface area contributed by atoms with Crippen LogP contribution in [0.15, 0.2) is 11.0 Å². The van der Waals surface area contributed by atoms with Crippen LogP contribution >= 0.6 is 0 Å². The van der Waals surface area contributed by atoms with Gasteiger partial charge >= 0.3 is 0 Å². The fourth-order valence-electron chi connectivity index (χ4n) is 2.10. The topological polar surface area (TPSA) is 55.4 Å². The number of benzene rings is 1. The fourth-order valence-corrected chi connectivity index (χ4v) is 4.05. The van der Waals surface area contributed by atoms with Gasteiger partial charge in [0.1, 0.15) is 5.75 Å². The van der Waals surface area contributed by atoms with Crippen LogP contribution in [0.3, 0.4) is 0 Å². The molecule has 0 bridgehead atoms. The molecule has 0 saturated carbocycles. The molecule has 108 valence electrons. The highest BCUT2D eigenvalue weighted by atomic mass is 32.2. The Hall–Kier alpha value is -1.07. The summed E-state index contributed by atoms with van der Waals surface area (Å²) in [5.74, 6) is 0.713. The van der Waals surface area contributed by atoms with E-state index < -0.39 is 15.6 Å². The smallest absolute Gasteiger partial charge is 0.241 e. The van der Waals surface area contributed by atoms with Gasteiger partial charge in [0.25, 0.3) is 0 Å². The molecular weight excluding hydrogens is 262 g/mol. The van der Waals surface area contributed by atoms with Crippen LogP contribution < -0.4 is 9.46 Å². The van der Waals surface area contributed by atoms with Gasteiger partial charge in [0.2, 0.25) is 10.0 Å². The van der Waals surface area contributed by atoms with E-state index >= 15 is 0 Å².